The highest BCUT2D eigenvalue weighted by molar-refractivity contribution is 5.87. The zero-order valence-corrected chi connectivity index (χ0v) is 10.6. The Hall–Kier alpha value is -0.870. The fraction of sp³-hybridized carbons (Fsp3) is 0.769. The third-order valence-corrected chi connectivity index (χ3v) is 2.86. The first-order chi connectivity index (χ1) is 8.04. The van der Waals surface area contributed by atoms with Gasteiger partial charge in [0, 0.05) is 18.6 Å². The summed E-state index contributed by atoms with van der Waals surface area (Å²) < 4.78 is 10.8. The number of aliphatic hydroxyl groups excluding tert-OH is 1. The second-order valence-electron chi connectivity index (χ2n) is 4.60. The molecule has 0 bridgehead atoms. The van der Waals surface area contributed by atoms with Crippen LogP contribution in [0.4, 0.5) is 0 Å². The van der Waals surface area contributed by atoms with Crippen molar-refractivity contribution in [2.45, 2.75) is 57.8 Å². The van der Waals surface area contributed by atoms with Crippen molar-refractivity contribution in [1.82, 2.24) is 0 Å². The molecule has 1 aliphatic carbocycles. The van der Waals surface area contributed by atoms with Crippen molar-refractivity contribution in [3.8, 4) is 0 Å². The summed E-state index contributed by atoms with van der Waals surface area (Å²) in [6.45, 7) is 7.85. The maximum Gasteiger partial charge on any atom is 0.333 e. The minimum Gasteiger partial charge on any atom is -0.459 e. The third-order valence-electron chi connectivity index (χ3n) is 2.86. The van der Waals surface area contributed by atoms with Crippen LogP contribution in [-0.4, -0.2) is 36.0 Å². The van der Waals surface area contributed by atoms with Crippen LogP contribution in [0, 0.1) is 0 Å². The summed E-state index contributed by atoms with van der Waals surface area (Å²) in [4.78, 5) is 11.3. The van der Waals surface area contributed by atoms with Gasteiger partial charge in [-0.1, -0.05) is 13.5 Å². The lowest BCUT2D eigenvalue weighted by molar-refractivity contribution is -0.152. The molecule has 0 heterocycles. The number of carbonyl (C=O) groups is 1. The second kappa shape index (κ2) is 6.77. The SMILES string of the molecule is C=C(C)C(=O)OC1CCC(OCCC)C(O)C1. The highest BCUT2D eigenvalue weighted by Gasteiger charge is 2.31. The molecule has 1 N–H and O–H groups in total. The predicted octanol–water partition coefficient (Wildman–Crippen LogP) is 1.81. The standard InChI is InChI=1S/C13H22O4/c1-4-7-16-12-6-5-10(8-11(12)14)17-13(15)9(2)3/h10-12,14H,2,4-8H2,1,3H3. The van der Waals surface area contributed by atoms with E-state index < -0.39 is 6.10 Å². The average molecular weight is 242 g/mol. The van der Waals surface area contributed by atoms with E-state index in [9.17, 15) is 9.90 Å². The molecule has 0 saturated heterocycles. The Kier molecular flexibility index (Phi) is 5.65. The quantitative estimate of drug-likeness (QED) is 0.590. The van der Waals surface area contributed by atoms with E-state index in [-0.39, 0.29) is 18.2 Å². The van der Waals surface area contributed by atoms with Crippen LogP contribution in [0.15, 0.2) is 12.2 Å². The van der Waals surface area contributed by atoms with Crippen LogP contribution >= 0.6 is 0 Å². The van der Waals surface area contributed by atoms with Crippen molar-refractivity contribution in [3.05, 3.63) is 12.2 Å². The molecule has 0 aromatic rings. The fourth-order valence-corrected chi connectivity index (χ4v) is 1.90. The van der Waals surface area contributed by atoms with Gasteiger partial charge < -0.3 is 14.6 Å². The van der Waals surface area contributed by atoms with Gasteiger partial charge in [-0.3, -0.25) is 0 Å². The van der Waals surface area contributed by atoms with Crippen molar-refractivity contribution in [1.29, 1.82) is 0 Å². The van der Waals surface area contributed by atoms with Crippen LogP contribution in [0.1, 0.15) is 39.5 Å². The van der Waals surface area contributed by atoms with Crippen LogP contribution in [0.25, 0.3) is 0 Å². The van der Waals surface area contributed by atoms with Crippen molar-refractivity contribution in [3.63, 3.8) is 0 Å². The molecule has 4 nitrogen and oxygen atoms in total. The van der Waals surface area contributed by atoms with Crippen molar-refractivity contribution in [2.75, 3.05) is 6.61 Å². The highest BCUT2D eigenvalue weighted by Crippen LogP contribution is 2.24. The summed E-state index contributed by atoms with van der Waals surface area (Å²) in [5.74, 6) is -0.380. The number of carbonyl (C=O) groups excluding carboxylic acids is 1. The monoisotopic (exact) mass is 242 g/mol. The summed E-state index contributed by atoms with van der Waals surface area (Å²) >= 11 is 0. The van der Waals surface area contributed by atoms with Crippen LogP contribution in [0.2, 0.25) is 0 Å². The van der Waals surface area contributed by atoms with Gasteiger partial charge in [0.2, 0.25) is 0 Å². The molecule has 0 aliphatic heterocycles. The molecule has 0 radical (unpaired) electrons. The van der Waals surface area contributed by atoms with Gasteiger partial charge >= 0.3 is 5.97 Å². The van der Waals surface area contributed by atoms with E-state index in [1.807, 2.05) is 6.92 Å². The smallest absolute Gasteiger partial charge is 0.333 e. The molecule has 98 valence electrons. The molecule has 3 atom stereocenters. The molecule has 3 unspecified atom stereocenters. The zero-order chi connectivity index (χ0) is 12.8. The summed E-state index contributed by atoms with van der Waals surface area (Å²) in [6.07, 6.45) is 1.99. The molecule has 1 saturated carbocycles. The number of aliphatic hydroxyl groups is 1. The maximum atomic E-state index is 11.3. The summed E-state index contributed by atoms with van der Waals surface area (Å²) in [6, 6.07) is 0. The Labute approximate surface area is 103 Å². The van der Waals surface area contributed by atoms with Crippen molar-refractivity contribution in [2.24, 2.45) is 0 Å². The number of esters is 1. The van der Waals surface area contributed by atoms with E-state index in [1.165, 1.54) is 0 Å². The first-order valence-electron chi connectivity index (χ1n) is 6.20. The number of ether oxygens (including phenoxy) is 2. The molecule has 0 aromatic carbocycles. The minimum atomic E-state index is -0.543. The van der Waals surface area contributed by atoms with Crippen molar-refractivity contribution < 1.29 is 19.4 Å². The first-order valence-corrected chi connectivity index (χ1v) is 6.20. The van der Waals surface area contributed by atoms with Crippen LogP contribution in [0.5, 0.6) is 0 Å². The number of hydrogen-bond donors (Lipinski definition) is 1. The van der Waals surface area contributed by atoms with Gasteiger partial charge in [0.1, 0.15) is 6.10 Å². The zero-order valence-electron chi connectivity index (χ0n) is 10.6. The fourth-order valence-electron chi connectivity index (χ4n) is 1.90. The molecular formula is C13H22O4. The lowest BCUT2D eigenvalue weighted by Crippen LogP contribution is -2.39. The largest absolute Gasteiger partial charge is 0.459 e. The van der Waals surface area contributed by atoms with Gasteiger partial charge in [-0.25, -0.2) is 4.79 Å². The van der Waals surface area contributed by atoms with Gasteiger partial charge in [-0.2, -0.15) is 0 Å². The summed E-state index contributed by atoms with van der Waals surface area (Å²) in [5, 5.41) is 9.88. The van der Waals surface area contributed by atoms with Gasteiger partial charge in [-0.05, 0) is 26.2 Å². The first kappa shape index (κ1) is 14.2. The van der Waals surface area contributed by atoms with Crippen LogP contribution < -0.4 is 0 Å². The van der Waals surface area contributed by atoms with Crippen LogP contribution in [0.3, 0.4) is 0 Å². The van der Waals surface area contributed by atoms with Gasteiger partial charge in [0.25, 0.3) is 0 Å². The Bertz CT molecular complexity index is 275. The average Bonchev–Trinajstić information content (AvgIpc) is 2.28. The van der Waals surface area contributed by atoms with E-state index in [1.54, 1.807) is 6.92 Å². The molecule has 0 spiro atoms. The molecule has 4 heteroatoms. The van der Waals surface area contributed by atoms with E-state index in [2.05, 4.69) is 6.58 Å². The van der Waals surface area contributed by atoms with Gasteiger partial charge in [-0.15, -0.1) is 0 Å². The molecular weight excluding hydrogens is 220 g/mol. The highest BCUT2D eigenvalue weighted by atomic mass is 16.5. The van der Waals surface area contributed by atoms with E-state index in [0.717, 1.165) is 19.3 Å². The van der Waals surface area contributed by atoms with E-state index in [0.29, 0.717) is 18.6 Å². The van der Waals surface area contributed by atoms with E-state index in [4.69, 9.17) is 9.47 Å². The number of rotatable bonds is 5. The summed E-state index contributed by atoms with van der Waals surface area (Å²) in [5.41, 5.74) is 0.392. The Morgan fingerprint density at radius 3 is 2.71 bits per heavy atom. The topological polar surface area (TPSA) is 55.8 Å². The summed E-state index contributed by atoms with van der Waals surface area (Å²) in [7, 11) is 0. The normalized spacial score (nSPS) is 28.8. The van der Waals surface area contributed by atoms with E-state index >= 15 is 0 Å². The molecule has 1 rings (SSSR count). The third kappa shape index (κ3) is 4.48. The Morgan fingerprint density at radius 1 is 1.47 bits per heavy atom. The Balaban J connectivity index is 2.36. The van der Waals surface area contributed by atoms with Crippen LogP contribution in [-0.2, 0) is 14.3 Å². The lowest BCUT2D eigenvalue weighted by atomic mass is 9.92. The molecule has 17 heavy (non-hydrogen) atoms. The maximum absolute atomic E-state index is 11.3. The molecule has 0 aromatic heterocycles. The molecule has 1 aliphatic rings. The second-order valence-corrected chi connectivity index (χ2v) is 4.60. The number of hydrogen-bond acceptors (Lipinski definition) is 4. The molecule has 0 amide bonds. The lowest BCUT2D eigenvalue weighted by Gasteiger charge is -2.32. The molecule has 1 fully saturated rings. The van der Waals surface area contributed by atoms with Gasteiger partial charge in [0.15, 0.2) is 0 Å². The Morgan fingerprint density at radius 2 is 2.18 bits per heavy atom. The predicted molar refractivity (Wildman–Crippen MR) is 64.6 cm³/mol. The minimum absolute atomic E-state index is 0.116. The van der Waals surface area contributed by atoms with Gasteiger partial charge in [0.05, 0.1) is 12.2 Å². The van der Waals surface area contributed by atoms with Crippen molar-refractivity contribution >= 4 is 5.97 Å².